The Morgan fingerprint density at radius 2 is 1.16 bits per heavy atom. The molecule has 0 radical (unpaired) electrons. The Balaban J connectivity index is -0.000000147. The monoisotopic (exact) mass is 426 g/mol. The predicted octanol–water partition coefficient (Wildman–Crippen LogP) is -4.99. The molecule has 0 spiro atoms. The first kappa shape index (κ1) is 37.7. The Morgan fingerprint density at radius 1 is 0.880 bits per heavy atom. The van der Waals surface area contributed by atoms with Gasteiger partial charge in [-0.3, -0.25) is 8.75 Å². The third-order valence-corrected chi connectivity index (χ3v) is 3.18. The molecule has 0 atom stereocenters. The van der Waals surface area contributed by atoms with E-state index in [9.17, 15) is 13.0 Å². The molecule has 0 bridgehead atoms. The van der Waals surface area contributed by atoms with E-state index in [1.165, 1.54) is 44.9 Å². The summed E-state index contributed by atoms with van der Waals surface area (Å²) in [6.45, 7) is 2.24. The predicted molar refractivity (Wildman–Crippen MR) is 83.2 cm³/mol. The SMILES string of the molecule is CCCCCCCCCCCCOS(=O)(=O)[O-].O.O=P([O-])(O)O.[Na+].[Na+]. The molecular weight excluding hydrogens is 397 g/mol. The third kappa shape index (κ3) is 58.5. The van der Waals surface area contributed by atoms with Crippen molar-refractivity contribution in [1.82, 2.24) is 0 Å². The molecule has 0 aliphatic heterocycles. The van der Waals surface area contributed by atoms with E-state index in [1.54, 1.807) is 0 Å². The zero-order valence-corrected chi connectivity index (χ0v) is 21.2. The van der Waals surface area contributed by atoms with Crippen molar-refractivity contribution < 1.29 is 101 Å². The molecule has 0 aliphatic carbocycles. The van der Waals surface area contributed by atoms with Gasteiger partial charge in [0.15, 0.2) is 0 Å². The average molecular weight is 426 g/mol. The molecule has 0 aromatic rings. The van der Waals surface area contributed by atoms with Crippen LogP contribution in [0.2, 0.25) is 0 Å². The summed E-state index contributed by atoms with van der Waals surface area (Å²) in [5.74, 6) is 0. The van der Waals surface area contributed by atoms with Crippen LogP contribution in [0.15, 0.2) is 0 Å². The van der Waals surface area contributed by atoms with Crippen LogP contribution in [-0.2, 0) is 19.1 Å². The average Bonchev–Trinajstić information content (AvgIpc) is 2.32. The molecule has 0 saturated carbocycles. The zero-order chi connectivity index (χ0) is 17.5. The number of phosphoric acid groups is 1. The Morgan fingerprint density at radius 3 is 1.44 bits per heavy atom. The van der Waals surface area contributed by atoms with Gasteiger partial charge in [0.25, 0.3) is 7.82 Å². The first-order valence-corrected chi connectivity index (χ1v) is 10.3. The van der Waals surface area contributed by atoms with Gasteiger partial charge in [-0.25, -0.2) is 8.42 Å². The first-order valence-electron chi connectivity index (χ1n) is 7.43. The molecular formula is C12H29Na2O9PS. The maximum Gasteiger partial charge on any atom is 1.00 e. The maximum atomic E-state index is 10.1. The van der Waals surface area contributed by atoms with Gasteiger partial charge in [0.1, 0.15) is 0 Å². The van der Waals surface area contributed by atoms with Gasteiger partial charge in [-0.1, -0.05) is 64.7 Å². The molecule has 0 saturated heterocycles. The largest absolute Gasteiger partial charge is 1.00 e. The van der Waals surface area contributed by atoms with Gasteiger partial charge in [0.05, 0.1) is 6.61 Å². The van der Waals surface area contributed by atoms with E-state index >= 15 is 0 Å². The summed E-state index contributed by atoms with van der Waals surface area (Å²) < 4.78 is 43.2. The second-order valence-electron chi connectivity index (χ2n) is 4.90. The minimum atomic E-state index is -4.89. The summed E-state index contributed by atoms with van der Waals surface area (Å²) in [4.78, 5) is 22.9. The van der Waals surface area contributed by atoms with Crippen molar-refractivity contribution in [2.45, 2.75) is 71.1 Å². The van der Waals surface area contributed by atoms with Crippen LogP contribution < -0.4 is 64.0 Å². The summed E-state index contributed by atoms with van der Waals surface area (Å²) in [6, 6.07) is 0. The molecule has 4 N–H and O–H groups in total. The molecule has 0 unspecified atom stereocenters. The normalized spacial score (nSPS) is 10.4. The van der Waals surface area contributed by atoms with E-state index in [-0.39, 0.29) is 71.2 Å². The van der Waals surface area contributed by atoms with Crippen LogP contribution in [0.1, 0.15) is 71.1 Å². The van der Waals surface area contributed by atoms with Gasteiger partial charge in [0, 0.05) is 0 Å². The van der Waals surface area contributed by atoms with Gasteiger partial charge in [0.2, 0.25) is 10.4 Å². The number of unbranched alkanes of at least 4 members (excludes halogenated alkanes) is 9. The van der Waals surface area contributed by atoms with E-state index in [0.717, 1.165) is 12.8 Å². The maximum absolute atomic E-state index is 10.1. The number of rotatable bonds is 12. The quantitative estimate of drug-likeness (QED) is 0.102. The van der Waals surface area contributed by atoms with Crippen molar-refractivity contribution in [1.29, 1.82) is 0 Å². The summed E-state index contributed by atoms with van der Waals surface area (Å²) in [7, 11) is -9.37. The molecule has 0 fully saturated rings. The molecule has 144 valence electrons. The van der Waals surface area contributed by atoms with Crippen molar-refractivity contribution in [3.8, 4) is 0 Å². The fraction of sp³-hybridized carbons (Fsp3) is 1.00. The van der Waals surface area contributed by atoms with Crippen molar-refractivity contribution in [3.05, 3.63) is 0 Å². The number of hydrogen-bond acceptors (Lipinski definition) is 6. The van der Waals surface area contributed by atoms with E-state index < -0.39 is 18.2 Å². The Kier molecular flexibility index (Phi) is 36.1. The third-order valence-electron chi connectivity index (χ3n) is 2.73. The van der Waals surface area contributed by atoms with Crippen LogP contribution in [0.25, 0.3) is 0 Å². The van der Waals surface area contributed by atoms with Crippen LogP contribution in [-0.4, -0.2) is 34.8 Å². The summed E-state index contributed by atoms with van der Waals surface area (Å²) in [6.07, 6.45) is 11.7. The Labute approximate surface area is 195 Å². The van der Waals surface area contributed by atoms with Crippen LogP contribution in [0.5, 0.6) is 0 Å². The minimum absolute atomic E-state index is 0. The van der Waals surface area contributed by atoms with E-state index in [1.807, 2.05) is 0 Å². The first-order chi connectivity index (χ1) is 10.1. The second kappa shape index (κ2) is 24.0. The molecule has 0 heterocycles. The number of hydrogen-bond donors (Lipinski definition) is 2. The van der Waals surface area contributed by atoms with Crippen molar-refractivity contribution >= 4 is 18.2 Å². The molecule has 25 heavy (non-hydrogen) atoms. The fourth-order valence-corrected chi connectivity index (χ4v) is 2.07. The molecule has 0 aromatic carbocycles. The molecule has 0 aromatic heterocycles. The molecule has 13 heteroatoms. The van der Waals surface area contributed by atoms with E-state index in [2.05, 4.69) is 11.1 Å². The Bertz CT molecular complexity index is 382. The van der Waals surface area contributed by atoms with Crippen LogP contribution >= 0.6 is 7.82 Å². The molecule has 0 aliphatic rings. The van der Waals surface area contributed by atoms with Gasteiger partial charge >= 0.3 is 59.1 Å². The van der Waals surface area contributed by atoms with Gasteiger partial charge in [-0.15, -0.1) is 0 Å². The van der Waals surface area contributed by atoms with Gasteiger partial charge in [-0.05, 0) is 6.42 Å². The standard InChI is InChI=1S/C12H26O4S.2Na.H3O4P.H2O/c1-2-3-4-5-6-7-8-9-10-11-12-16-17(13,14)15;;;1-5(2,3)4;/h2-12H2,1H3,(H,13,14,15);;;(H3,1,2,3,4);1H2/q;2*+1;;/p-2. The zero-order valence-electron chi connectivity index (χ0n) is 15.5. The van der Waals surface area contributed by atoms with E-state index in [4.69, 9.17) is 19.2 Å². The van der Waals surface area contributed by atoms with Crippen molar-refractivity contribution in [2.75, 3.05) is 6.61 Å². The smallest absolute Gasteiger partial charge is 0.756 e. The van der Waals surface area contributed by atoms with Gasteiger partial charge in [-0.2, -0.15) is 0 Å². The van der Waals surface area contributed by atoms with E-state index in [0.29, 0.717) is 6.42 Å². The molecule has 9 nitrogen and oxygen atoms in total. The minimum Gasteiger partial charge on any atom is -0.756 e. The molecule has 0 rings (SSSR count). The summed E-state index contributed by atoms with van der Waals surface area (Å²) in [5, 5.41) is 0. The Hall–Kier alpha value is 1.94. The van der Waals surface area contributed by atoms with Crippen molar-refractivity contribution in [2.24, 2.45) is 0 Å². The van der Waals surface area contributed by atoms with Crippen LogP contribution in [0, 0.1) is 0 Å². The molecule has 0 amide bonds. The second-order valence-corrected chi connectivity index (χ2v) is 6.94. The summed E-state index contributed by atoms with van der Waals surface area (Å²) >= 11 is 0. The topological polar surface area (TPSA) is 179 Å². The van der Waals surface area contributed by atoms with Crippen LogP contribution in [0.4, 0.5) is 0 Å². The van der Waals surface area contributed by atoms with Crippen molar-refractivity contribution in [3.63, 3.8) is 0 Å². The van der Waals surface area contributed by atoms with Gasteiger partial charge < -0.3 is 24.7 Å². The fourth-order valence-electron chi connectivity index (χ4n) is 1.75. The van der Waals surface area contributed by atoms with Crippen LogP contribution in [0.3, 0.4) is 0 Å². The summed E-state index contributed by atoms with van der Waals surface area (Å²) in [5.41, 5.74) is 0.